The first-order valence-electron chi connectivity index (χ1n) is 9.31. The molecule has 0 amide bonds. The van der Waals surface area contributed by atoms with Crippen molar-refractivity contribution in [1.82, 2.24) is 5.32 Å². The molecule has 0 bridgehead atoms. The minimum Gasteiger partial charge on any atom is -0.356 e. The van der Waals surface area contributed by atoms with E-state index in [4.69, 9.17) is 0 Å². The molecular weight excluding hydrogens is 334 g/mol. The van der Waals surface area contributed by atoms with Gasteiger partial charge in [0.2, 0.25) is 0 Å². The predicted molar refractivity (Wildman–Crippen MR) is 102 cm³/mol. The third kappa shape index (κ3) is 3.05. The van der Waals surface area contributed by atoms with Gasteiger partial charge < -0.3 is 10.2 Å². The fourth-order valence-electron chi connectivity index (χ4n) is 4.86. The van der Waals surface area contributed by atoms with Crippen LogP contribution in [0.25, 0.3) is 0 Å². The molecule has 1 unspecified atom stereocenters. The van der Waals surface area contributed by atoms with Crippen LogP contribution in [0.1, 0.15) is 37.7 Å². The van der Waals surface area contributed by atoms with Crippen LogP contribution in [-0.2, 0) is 15.3 Å². The van der Waals surface area contributed by atoms with Crippen molar-refractivity contribution in [2.45, 2.75) is 37.5 Å². The molecular formula is C19H27N3O2S. The van der Waals surface area contributed by atoms with E-state index in [1.165, 1.54) is 36.9 Å². The Balaban J connectivity index is 1.52. The molecule has 0 radical (unpaired) electrons. The van der Waals surface area contributed by atoms with Gasteiger partial charge in [0, 0.05) is 31.2 Å². The second-order valence-electron chi connectivity index (χ2n) is 7.79. The van der Waals surface area contributed by atoms with Crippen molar-refractivity contribution in [3.05, 3.63) is 29.8 Å². The molecule has 1 aromatic rings. The number of rotatable bonds is 2. The Labute approximate surface area is 150 Å². The molecule has 136 valence electrons. The summed E-state index contributed by atoms with van der Waals surface area (Å²) in [5.74, 6) is 1.70. The highest BCUT2D eigenvalue weighted by atomic mass is 32.2. The summed E-state index contributed by atoms with van der Waals surface area (Å²) in [5.41, 5.74) is 2.99. The van der Waals surface area contributed by atoms with Gasteiger partial charge in [-0.05, 0) is 36.8 Å². The van der Waals surface area contributed by atoms with Crippen molar-refractivity contribution < 1.29 is 8.42 Å². The van der Waals surface area contributed by atoms with Crippen LogP contribution in [0.2, 0.25) is 0 Å². The highest BCUT2D eigenvalue weighted by Crippen LogP contribution is 2.50. The topological polar surface area (TPSA) is 61.8 Å². The molecule has 1 aliphatic carbocycles. The van der Waals surface area contributed by atoms with E-state index in [0.717, 1.165) is 18.9 Å². The fourth-order valence-corrected chi connectivity index (χ4v) is 6.72. The highest BCUT2D eigenvalue weighted by molar-refractivity contribution is 7.91. The van der Waals surface area contributed by atoms with E-state index < -0.39 is 9.84 Å². The number of sulfone groups is 1. The first kappa shape index (κ1) is 16.9. The number of nitrogens with zero attached hydrogens (tertiary/aromatic N) is 2. The second kappa shape index (κ2) is 6.31. The molecule has 1 atom stereocenters. The fraction of sp³-hybridized carbons (Fsp3) is 0.632. The summed E-state index contributed by atoms with van der Waals surface area (Å²) in [5, 5.41) is 3.45. The molecule has 2 aliphatic heterocycles. The van der Waals surface area contributed by atoms with Crippen LogP contribution in [0.4, 0.5) is 5.69 Å². The predicted octanol–water partition coefficient (Wildman–Crippen LogP) is 2.33. The Kier molecular flexibility index (Phi) is 4.26. The van der Waals surface area contributed by atoms with Gasteiger partial charge in [-0.15, -0.1) is 0 Å². The molecule has 25 heavy (non-hydrogen) atoms. The molecule has 2 fully saturated rings. The number of para-hydroxylation sites is 1. The molecule has 0 aromatic heterocycles. The molecule has 1 saturated heterocycles. The van der Waals surface area contributed by atoms with Crippen LogP contribution in [-0.4, -0.2) is 46.0 Å². The Morgan fingerprint density at radius 2 is 2.08 bits per heavy atom. The normalized spacial score (nSPS) is 27.0. The van der Waals surface area contributed by atoms with E-state index in [1.54, 1.807) is 0 Å². The van der Waals surface area contributed by atoms with Crippen LogP contribution in [0.5, 0.6) is 0 Å². The van der Waals surface area contributed by atoms with E-state index in [2.05, 4.69) is 39.5 Å². The number of hydrogen-bond acceptors (Lipinski definition) is 3. The zero-order valence-corrected chi connectivity index (χ0v) is 15.7. The van der Waals surface area contributed by atoms with Crippen molar-refractivity contribution in [3.8, 4) is 0 Å². The summed E-state index contributed by atoms with van der Waals surface area (Å²) in [6.45, 7) is 1.66. The van der Waals surface area contributed by atoms with Crippen LogP contribution < -0.4 is 10.2 Å². The molecule has 1 N–H and O–H groups in total. The lowest BCUT2D eigenvalue weighted by molar-refractivity contribution is 0.477. The standard InChI is InChI=1S/C19H27N3O2S/c1-20-18(21-12-15-8-11-25(23,24)13-15)22-14-19(9-4-5-10-19)16-6-2-3-7-17(16)22/h2-3,6-7,15H,4-5,8-14H2,1H3,(H,20,21). The maximum atomic E-state index is 11.7. The SMILES string of the molecule is CN=C(NCC1CCS(=O)(=O)C1)N1CC2(CCCC2)c2ccccc21. The van der Waals surface area contributed by atoms with Crippen molar-refractivity contribution in [2.75, 3.05) is 36.5 Å². The number of fused-ring (bicyclic) bond motifs is 2. The van der Waals surface area contributed by atoms with Gasteiger partial charge >= 0.3 is 0 Å². The van der Waals surface area contributed by atoms with Crippen LogP contribution in [0, 0.1) is 5.92 Å². The van der Waals surface area contributed by atoms with Gasteiger partial charge in [0.1, 0.15) is 0 Å². The summed E-state index contributed by atoms with van der Waals surface area (Å²) >= 11 is 0. The molecule has 3 aliphatic rings. The number of benzene rings is 1. The van der Waals surface area contributed by atoms with Gasteiger partial charge in [-0.3, -0.25) is 4.99 Å². The maximum Gasteiger partial charge on any atom is 0.198 e. The zero-order chi connectivity index (χ0) is 17.5. The van der Waals surface area contributed by atoms with Crippen LogP contribution >= 0.6 is 0 Å². The molecule has 4 rings (SSSR count). The molecule has 2 heterocycles. The minimum absolute atomic E-state index is 0.194. The summed E-state index contributed by atoms with van der Waals surface area (Å²) in [4.78, 5) is 6.81. The van der Waals surface area contributed by atoms with E-state index in [1.807, 2.05) is 7.05 Å². The monoisotopic (exact) mass is 361 g/mol. The Hall–Kier alpha value is -1.56. The molecule has 1 saturated carbocycles. The summed E-state index contributed by atoms with van der Waals surface area (Å²) in [7, 11) is -1.01. The van der Waals surface area contributed by atoms with Gasteiger partial charge in [-0.25, -0.2) is 8.42 Å². The number of guanidine groups is 1. The Morgan fingerprint density at radius 3 is 2.76 bits per heavy atom. The number of anilines is 1. The smallest absolute Gasteiger partial charge is 0.198 e. The summed E-state index contributed by atoms with van der Waals surface area (Å²) < 4.78 is 23.4. The van der Waals surface area contributed by atoms with Crippen molar-refractivity contribution in [2.24, 2.45) is 10.9 Å². The second-order valence-corrected chi connectivity index (χ2v) is 10.0. The van der Waals surface area contributed by atoms with Gasteiger partial charge in [-0.1, -0.05) is 31.0 Å². The van der Waals surface area contributed by atoms with Gasteiger partial charge in [-0.2, -0.15) is 0 Å². The lowest BCUT2D eigenvalue weighted by atomic mass is 9.81. The Bertz CT molecular complexity index is 782. The van der Waals surface area contributed by atoms with Crippen molar-refractivity contribution in [3.63, 3.8) is 0 Å². The summed E-state index contributed by atoms with van der Waals surface area (Å²) in [6, 6.07) is 8.70. The van der Waals surface area contributed by atoms with Crippen LogP contribution in [0.3, 0.4) is 0 Å². The first-order valence-corrected chi connectivity index (χ1v) is 11.1. The van der Waals surface area contributed by atoms with Crippen LogP contribution in [0.15, 0.2) is 29.3 Å². The van der Waals surface area contributed by atoms with Crippen molar-refractivity contribution in [1.29, 1.82) is 0 Å². The zero-order valence-electron chi connectivity index (χ0n) is 14.9. The quantitative estimate of drug-likeness (QED) is 0.649. The molecule has 6 heteroatoms. The van der Waals surface area contributed by atoms with Gasteiger partial charge in [0.15, 0.2) is 15.8 Å². The molecule has 1 spiro atoms. The molecule has 5 nitrogen and oxygen atoms in total. The lowest BCUT2D eigenvalue weighted by Gasteiger charge is -2.27. The summed E-state index contributed by atoms with van der Waals surface area (Å²) in [6.07, 6.45) is 5.85. The average molecular weight is 362 g/mol. The Morgan fingerprint density at radius 1 is 1.32 bits per heavy atom. The highest BCUT2D eigenvalue weighted by Gasteiger charge is 2.45. The van der Waals surface area contributed by atoms with Gasteiger partial charge in [0.25, 0.3) is 0 Å². The average Bonchev–Trinajstić information content (AvgIpc) is 3.29. The first-order chi connectivity index (χ1) is 12.0. The largest absolute Gasteiger partial charge is 0.356 e. The van der Waals surface area contributed by atoms with E-state index in [-0.39, 0.29) is 11.3 Å². The number of hydrogen-bond donors (Lipinski definition) is 1. The third-order valence-corrected chi connectivity index (χ3v) is 7.97. The minimum atomic E-state index is -2.83. The van der Waals surface area contributed by atoms with E-state index in [9.17, 15) is 8.42 Å². The molecule has 1 aromatic carbocycles. The van der Waals surface area contributed by atoms with Gasteiger partial charge in [0.05, 0.1) is 11.5 Å². The van der Waals surface area contributed by atoms with Crippen molar-refractivity contribution >= 4 is 21.5 Å². The number of nitrogens with one attached hydrogen (secondary N) is 1. The van der Waals surface area contributed by atoms with E-state index >= 15 is 0 Å². The van der Waals surface area contributed by atoms with E-state index in [0.29, 0.717) is 18.1 Å². The maximum absolute atomic E-state index is 11.7. The third-order valence-electron chi connectivity index (χ3n) is 6.13. The lowest BCUT2D eigenvalue weighted by Crippen LogP contribution is -2.45. The number of aliphatic imine (C=N–C) groups is 1.